The minimum atomic E-state index is -1.43. The zero-order valence-electron chi connectivity index (χ0n) is 6.40. The number of rotatable bonds is 3. The Balaban J connectivity index is 2.71. The molecule has 5 nitrogen and oxygen atoms in total. The number of aromatic nitrogens is 1. The Bertz CT molecular complexity index is 315. The van der Waals surface area contributed by atoms with E-state index in [4.69, 9.17) is 5.11 Å². The topological polar surface area (TPSA) is 80.4 Å². The number of aliphatic carboxylic acids is 1. The molecule has 1 rings (SSSR count). The maximum atomic E-state index is 10.7. The van der Waals surface area contributed by atoms with E-state index in [1.165, 1.54) is 6.20 Å². The highest BCUT2D eigenvalue weighted by atomic mass is 16.5. The molecule has 0 aromatic carbocycles. The summed E-state index contributed by atoms with van der Waals surface area (Å²) in [6.07, 6.45) is 1.18. The summed E-state index contributed by atoms with van der Waals surface area (Å²) in [5, 5.41) is 11.7. The fraction of sp³-hybridized carbons (Fsp3) is 0.286. The van der Waals surface area contributed by atoms with Crippen LogP contribution in [0.25, 0.3) is 0 Å². The Labute approximate surface area is 68.0 Å². The number of nitrogens with zero attached hydrogens (tertiary/aromatic N) is 1. The summed E-state index contributed by atoms with van der Waals surface area (Å²) in [6.45, 7) is 1.62. The Morgan fingerprint density at radius 2 is 2.33 bits per heavy atom. The summed E-state index contributed by atoms with van der Waals surface area (Å²) in [5.74, 6) is -1.82. The number of hydrogen-bond donors (Lipinski definition) is 1. The number of Topliss-reactive ketones (excluding diaryl/α,β-unsaturated/α-hetero) is 1. The molecular formula is C7H7NO4. The molecule has 0 spiro atoms. The lowest BCUT2D eigenvalue weighted by Gasteiger charge is -1.91. The van der Waals surface area contributed by atoms with Gasteiger partial charge in [0.25, 0.3) is 0 Å². The zero-order valence-corrected chi connectivity index (χ0v) is 6.40. The van der Waals surface area contributed by atoms with Gasteiger partial charge in [0, 0.05) is 12.0 Å². The van der Waals surface area contributed by atoms with E-state index in [1.54, 1.807) is 6.92 Å². The number of carbonyl (C=O) groups is 2. The zero-order chi connectivity index (χ0) is 9.14. The third kappa shape index (κ3) is 1.69. The second kappa shape index (κ2) is 3.17. The van der Waals surface area contributed by atoms with Gasteiger partial charge >= 0.3 is 5.97 Å². The minimum Gasteiger partial charge on any atom is -0.475 e. The van der Waals surface area contributed by atoms with Crippen molar-refractivity contribution in [2.45, 2.75) is 13.3 Å². The van der Waals surface area contributed by atoms with Crippen LogP contribution in [0, 0.1) is 6.92 Å². The molecule has 1 aromatic rings. The molecule has 0 atom stereocenters. The number of carboxylic acid groups (broad SMARTS) is 1. The van der Waals surface area contributed by atoms with Crippen molar-refractivity contribution in [2.75, 3.05) is 0 Å². The van der Waals surface area contributed by atoms with Gasteiger partial charge < -0.3 is 9.63 Å². The number of hydrogen-bond acceptors (Lipinski definition) is 4. The smallest absolute Gasteiger partial charge is 0.372 e. The molecule has 5 heteroatoms. The van der Waals surface area contributed by atoms with Gasteiger partial charge in [-0.05, 0) is 6.92 Å². The lowest BCUT2D eigenvalue weighted by atomic mass is 10.1. The van der Waals surface area contributed by atoms with Crippen LogP contribution in [0.5, 0.6) is 0 Å². The third-order valence-corrected chi connectivity index (χ3v) is 1.44. The predicted octanol–water partition coefficient (Wildman–Crippen LogP) is 0.179. The van der Waals surface area contributed by atoms with E-state index < -0.39 is 11.8 Å². The first kappa shape index (κ1) is 8.45. The highest BCUT2D eigenvalue weighted by Gasteiger charge is 2.15. The molecule has 1 N–H and O–H groups in total. The second-order valence-electron chi connectivity index (χ2n) is 2.31. The van der Waals surface area contributed by atoms with E-state index in [9.17, 15) is 9.59 Å². The van der Waals surface area contributed by atoms with Gasteiger partial charge in [-0.1, -0.05) is 5.16 Å². The maximum Gasteiger partial charge on any atom is 0.372 e. The lowest BCUT2D eigenvalue weighted by molar-refractivity contribution is -0.148. The summed E-state index contributed by atoms with van der Waals surface area (Å²) >= 11 is 0. The first-order valence-electron chi connectivity index (χ1n) is 3.27. The van der Waals surface area contributed by atoms with Crippen molar-refractivity contribution in [1.82, 2.24) is 5.16 Å². The first-order valence-corrected chi connectivity index (χ1v) is 3.27. The van der Waals surface area contributed by atoms with Crippen LogP contribution in [0.3, 0.4) is 0 Å². The third-order valence-electron chi connectivity index (χ3n) is 1.44. The molecule has 0 unspecified atom stereocenters. The van der Waals surface area contributed by atoms with E-state index in [-0.39, 0.29) is 6.42 Å². The first-order chi connectivity index (χ1) is 5.61. The van der Waals surface area contributed by atoms with Gasteiger partial charge in [0.1, 0.15) is 5.76 Å². The fourth-order valence-electron chi connectivity index (χ4n) is 0.737. The van der Waals surface area contributed by atoms with Gasteiger partial charge in [-0.2, -0.15) is 0 Å². The maximum absolute atomic E-state index is 10.7. The number of aryl methyl sites for hydroxylation is 1. The molecule has 0 radical (unpaired) electrons. The molecule has 0 amide bonds. The SMILES string of the molecule is Cc1oncc1CC(=O)C(=O)O. The fourth-order valence-corrected chi connectivity index (χ4v) is 0.737. The number of carbonyl (C=O) groups excluding carboxylic acids is 1. The molecule has 0 aliphatic rings. The second-order valence-corrected chi connectivity index (χ2v) is 2.31. The average molecular weight is 169 g/mol. The van der Waals surface area contributed by atoms with E-state index in [0.717, 1.165) is 0 Å². The van der Waals surface area contributed by atoms with Crippen LogP contribution in [0.1, 0.15) is 11.3 Å². The highest BCUT2D eigenvalue weighted by molar-refractivity contribution is 6.33. The molecule has 0 saturated heterocycles. The molecule has 0 aliphatic carbocycles. The van der Waals surface area contributed by atoms with Gasteiger partial charge in [-0.25, -0.2) is 4.79 Å². The molecular weight excluding hydrogens is 162 g/mol. The van der Waals surface area contributed by atoms with Crippen LogP contribution in [0.2, 0.25) is 0 Å². The van der Waals surface area contributed by atoms with Crippen molar-refractivity contribution < 1.29 is 19.2 Å². The van der Waals surface area contributed by atoms with Crippen LogP contribution in [-0.4, -0.2) is 22.0 Å². The largest absolute Gasteiger partial charge is 0.475 e. The summed E-state index contributed by atoms with van der Waals surface area (Å²) in [4.78, 5) is 20.8. The van der Waals surface area contributed by atoms with Crippen molar-refractivity contribution in [3.8, 4) is 0 Å². The summed E-state index contributed by atoms with van der Waals surface area (Å²) in [5.41, 5.74) is 0.516. The van der Waals surface area contributed by atoms with Gasteiger partial charge in [0.05, 0.1) is 6.20 Å². The summed E-state index contributed by atoms with van der Waals surface area (Å²) < 4.78 is 4.65. The standard InChI is InChI=1S/C7H7NO4/c1-4-5(3-8-12-4)2-6(9)7(10)11/h3H,2H2,1H3,(H,10,11). The highest BCUT2D eigenvalue weighted by Crippen LogP contribution is 2.06. The number of carboxylic acids is 1. The number of ketones is 1. The predicted molar refractivity (Wildman–Crippen MR) is 37.6 cm³/mol. The molecule has 0 fully saturated rings. The monoisotopic (exact) mass is 169 g/mol. The van der Waals surface area contributed by atoms with Gasteiger partial charge in [-0.3, -0.25) is 4.79 Å². The van der Waals surface area contributed by atoms with E-state index in [2.05, 4.69) is 9.68 Å². The quantitative estimate of drug-likeness (QED) is 0.652. The van der Waals surface area contributed by atoms with Crippen molar-refractivity contribution in [3.05, 3.63) is 17.5 Å². The van der Waals surface area contributed by atoms with E-state index in [0.29, 0.717) is 11.3 Å². The van der Waals surface area contributed by atoms with Gasteiger partial charge in [-0.15, -0.1) is 0 Å². The Morgan fingerprint density at radius 1 is 1.67 bits per heavy atom. The normalized spacial score (nSPS) is 9.75. The van der Waals surface area contributed by atoms with Crippen molar-refractivity contribution in [1.29, 1.82) is 0 Å². The van der Waals surface area contributed by atoms with Crippen LogP contribution in [0.4, 0.5) is 0 Å². The summed E-state index contributed by atoms with van der Waals surface area (Å²) in [7, 11) is 0. The van der Waals surface area contributed by atoms with Crippen LogP contribution in [-0.2, 0) is 16.0 Å². The molecule has 1 aromatic heterocycles. The molecule has 0 aliphatic heterocycles. The molecule has 64 valence electrons. The lowest BCUT2D eigenvalue weighted by Crippen LogP contribution is -2.15. The molecule has 12 heavy (non-hydrogen) atoms. The van der Waals surface area contributed by atoms with Gasteiger partial charge in [0.2, 0.25) is 5.78 Å². The molecule has 1 heterocycles. The van der Waals surface area contributed by atoms with E-state index >= 15 is 0 Å². The van der Waals surface area contributed by atoms with E-state index in [1.807, 2.05) is 0 Å². The van der Waals surface area contributed by atoms with Crippen LogP contribution in [0.15, 0.2) is 10.7 Å². The van der Waals surface area contributed by atoms with Gasteiger partial charge in [0.15, 0.2) is 0 Å². The Morgan fingerprint density at radius 3 is 2.75 bits per heavy atom. The summed E-state index contributed by atoms with van der Waals surface area (Å²) in [6, 6.07) is 0. The van der Waals surface area contributed by atoms with Crippen molar-refractivity contribution >= 4 is 11.8 Å². The average Bonchev–Trinajstić information content (AvgIpc) is 2.36. The molecule has 0 bridgehead atoms. The minimum absolute atomic E-state index is 0.162. The van der Waals surface area contributed by atoms with Crippen molar-refractivity contribution in [2.24, 2.45) is 0 Å². The Hall–Kier alpha value is -1.65. The van der Waals surface area contributed by atoms with Crippen LogP contribution < -0.4 is 0 Å². The Kier molecular flexibility index (Phi) is 2.23. The van der Waals surface area contributed by atoms with Crippen molar-refractivity contribution in [3.63, 3.8) is 0 Å². The molecule has 0 saturated carbocycles. The van der Waals surface area contributed by atoms with Crippen LogP contribution >= 0.6 is 0 Å².